The van der Waals surface area contributed by atoms with Crippen molar-refractivity contribution in [2.75, 3.05) is 18.5 Å². The average Bonchev–Trinajstić information content (AvgIpc) is 2.32. The van der Waals surface area contributed by atoms with Crippen LogP contribution < -0.4 is 10.6 Å². The van der Waals surface area contributed by atoms with Gasteiger partial charge in [-0.1, -0.05) is 27.5 Å². The summed E-state index contributed by atoms with van der Waals surface area (Å²) in [4.78, 5) is 22.8. The normalized spacial score (nSPS) is 9.94. The standard InChI is InChI=1S/C11H12BrClN2O3/c12-7-2-3-9(8(13)6-7)15-11(18)10(17)14-4-1-5-16/h2-3,6,16H,1,4-5H2,(H,14,17)(H,15,18). The largest absolute Gasteiger partial charge is 0.396 e. The minimum absolute atomic E-state index is 0.0412. The van der Waals surface area contributed by atoms with Gasteiger partial charge in [0.2, 0.25) is 0 Å². The van der Waals surface area contributed by atoms with Gasteiger partial charge >= 0.3 is 11.8 Å². The molecule has 0 fully saturated rings. The van der Waals surface area contributed by atoms with Gasteiger partial charge in [-0.15, -0.1) is 0 Å². The molecule has 0 aromatic heterocycles. The van der Waals surface area contributed by atoms with Crippen LogP contribution in [0.4, 0.5) is 5.69 Å². The quantitative estimate of drug-likeness (QED) is 0.577. The number of benzene rings is 1. The molecule has 3 N–H and O–H groups in total. The molecule has 0 unspecified atom stereocenters. The Morgan fingerprint density at radius 3 is 2.67 bits per heavy atom. The molecule has 0 heterocycles. The second-order valence-electron chi connectivity index (χ2n) is 3.41. The molecular formula is C11H12BrClN2O3. The fourth-order valence-corrected chi connectivity index (χ4v) is 1.85. The number of aliphatic hydroxyl groups excluding tert-OH is 1. The summed E-state index contributed by atoms with van der Waals surface area (Å²) in [5.74, 6) is -1.56. The molecule has 2 amide bonds. The fourth-order valence-electron chi connectivity index (χ4n) is 1.13. The van der Waals surface area contributed by atoms with E-state index in [1.54, 1.807) is 18.2 Å². The summed E-state index contributed by atoms with van der Waals surface area (Å²) in [5.41, 5.74) is 0.363. The van der Waals surface area contributed by atoms with Gasteiger partial charge in [-0.3, -0.25) is 9.59 Å². The first-order valence-corrected chi connectivity index (χ1v) is 6.36. The van der Waals surface area contributed by atoms with Crippen molar-refractivity contribution < 1.29 is 14.7 Å². The highest BCUT2D eigenvalue weighted by atomic mass is 79.9. The molecule has 0 spiro atoms. The Morgan fingerprint density at radius 1 is 1.33 bits per heavy atom. The number of amides is 2. The van der Waals surface area contributed by atoms with Gasteiger partial charge in [-0.2, -0.15) is 0 Å². The zero-order valence-electron chi connectivity index (χ0n) is 9.37. The molecule has 0 radical (unpaired) electrons. The monoisotopic (exact) mass is 334 g/mol. The first-order valence-electron chi connectivity index (χ1n) is 5.19. The maximum absolute atomic E-state index is 11.5. The summed E-state index contributed by atoms with van der Waals surface area (Å²) >= 11 is 9.13. The van der Waals surface area contributed by atoms with E-state index in [2.05, 4.69) is 26.6 Å². The van der Waals surface area contributed by atoms with Gasteiger partial charge in [0.1, 0.15) is 0 Å². The highest BCUT2D eigenvalue weighted by molar-refractivity contribution is 9.10. The van der Waals surface area contributed by atoms with Gasteiger partial charge in [-0.25, -0.2) is 0 Å². The van der Waals surface area contributed by atoms with E-state index in [1.807, 2.05) is 0 Å². The third-order valence-electron chi connectivity index (χ3n) is 2.01. The van der Waals surface area contributed by atoms with Crippen molar-refractivity contribution in [2.24, 2.45) is 0 Å². The van der Waals surface area contributed by atoms with Crippen molar-refractivity contribution in [2.45, 2.75) is 6.42 Å². The Bertz CT molecular complexity index is 454. The number of anilines is 1. The van der Waals surface area contributed by atoms with E-state index in [1.165, 1.54) is 0 Å². The predicted molar refractivity (Wildman–Crippen MR) is 72.5 cm³/mol. The topological polar surface area (TPSA) is 78.4 Å². The van der Waals surface area contributed by atoms with Gasteiger partial charge in [0, 0.05) is 17.6 Å². The molecule has 98 valence electrons. The van der Waals surface area contributed by atoms with E-state index in [0.717, 1.165) is 4.47 Å². The Labute approximate surface area is 118 Å². The Balaban J connectivity index is 2.56. The first kappa shape index (κ1) is 14.9. The van der Waals surface area contributed by atoms with E-state index in [4.69, 9.17) is 16.7 Å². The number of carbonyl (C=O) groups excluding carboxylic acids is 2. The van der Waals surface area contributed by atoms with Crippen molar-refractivity contribution in [3.8, 4) is 0 Å². The van der Waals surface area contributed by atoms with Gasteiger partial charge in [0.15, 0.2) is 0 Å². The van der Waals surface area contributed by atoms with Crippen LogP contribution in [0.3, 0.4) is 0 Å². The van der Waals surface area contributed by atoms with Gasteiger partial charge < -0.3 is 15.7 Å². The molecule has 0 aliphatic rings. The van der Waals surface area contributed by atoms with Crippen molar-refractivity contribution in [3.63, 3.8) is 0 Å². The summed E-state index contributed by atoms with van der Waals surface area (Å²) in [5, 5.41) is 13.6. The van der Waals surface area contributed by atoms with Crippen LogP contribution in [0.2, 0.25) is 5.02 Å². The minimum atomic E-state index is -0.794. The van der Waals surface area contributed by atoms with Crippen molar-refractivity contribution in [1.29, 1.82) is 0 Å². The molecule has 5 nitrogen and oxygen atoms in total. The molecule has 1 rings (SSSR count). The molecule has 0 saturated heterocycles. The fraction of sp³-hybridized carbons (Fsp3) is 0.273. The van der Waals surface area contributed by atoms with Crippen LogP contribution in [0.1, 0.15) is 6.42 Å². The Kier molecular flexibility index (Phi) is 6.11. The smallest absolute Gasteiger partial charge is 0.313 e. The molecule has 0 aliphatic heterocycles. The van der Waals surface area contributed by atoms with Crippen molar-refractivity contribution in [3.05, 3.63) is 27.7 Å². The lowest BCUT2D eigenvalue weighted by atomic mass is 10.3. The Hall–Kier alpha value is -1.11. The van der Waals surface area contributed by atoms with Gasteiger partial charge in [0.25, 0.3) is 0 Å². The summed E-state index contributed by atoms with van der Waals surface area (Å²) in [7, 11) is 0. The highest BCUT2D eigenvalue weighted by Gasteiger charge is 2.14. The Morgan fingerprint density at radius 2 is 2.06 bits per heavy atom. The van der Waals surface area contributed by atoms with Crippen LogP contribution in [-0.4, -0.2) is 30.1 Å². The van der Waals surface area contributed by atoms with Crippen molar-refractivity contribution >= 4 is 45.0 Å². The third kappa shape index (κ3) is 4.64. The van der Waals surface area contributed by atoms with Crippen molar-refractivity contribution in [1.82, 2.24) is 5.32 Å². The van der Waals surface area contributed by atoms with Crippen LogP contribution in [0.25, 0.3) is 0 Å². The molecule has 0 aliphatic carbocycles. The first-order chi connectivity index (χ1) is 8.54. The van der Waals surface area contributed by atoms with E-state index in [9.17, 15) is 9.59 Å². The maximum atomic E-state index is 11.5. The lowest BCUT2D eigenvalue weighted by Gasteiger charge is -2.07. The lowest BCUT2D eigenvalue weighted by molar-refractivity contribution is -0.136. The number of halogens is 2. The van der Waals surface area contributed by atoms with Gasteiger partial charge in [-0.05, 0) is 24.6 Å². The number of aliphatic hydroxyl groups is 1. The second-order valence-corrected chi connectivity index (χ2v) is 4.73. The summed E-state index contributed by atoms with van der Waals surface area (Å²) in [6, 6.07) is 4.90. The molecule has 0 atom stereocenters. The van der Waals surface area contributed by atoms with Gasteiger partial charge in [0.05, 0.1) is 10.7 Å². The van der Waals surface area contributed by atoms with E-state index in [0.29, 0.717) is 17.1 Å². The van der Waals surface area contributed by atoms with Crippen LogP contribution in [0.5, 0.6) is 0 Å². The number of nitrogens with one attached hydrogen (secondary N) is 2. The summed E-state index contributed by atoms with van der Waals surface area (Å²) < 4.78 is 0.776. The summed E-state index contributed by atoms with van der Waals surface area (Å²) in [6.07, 6.45) is 0.401. The SMILES string of the molecule is O=C(NCCCO)C(=O)Nc1ccc(Br)cc1Cl. The molecule has 18 heavy (non-hydrogen) atoms. The summed E-state index contributed by atoms with van der Waals surface area (Å²) in [6.45, 7) is 0.206. The zero-order valence-corrected chi connectivity index (χ0v) is 11.7. The average molecular weight is 336 g/mol. The van der Waals surface area contributed by atoms with E-state index < -0.39 is 11.8 Å². The van der Waals surface area contributed by atoms with Crippen LogP contribution >= 0.6 is 27.5 Å². The van der Waals surface area contributed by atoms with Crippen LogP contribution in [0.15, 0.2) is 22.7 Å². The number of rotatable bonds is 4. The van der Waals surface area contributed by atoms with Crippen LogP contribution in [-0.2, 0) is 9.59 Å². The number of carbonyl (C=O) groups is 2. The molecule has 0 bridgehead atoms. The lowest BCUT2D eigenvalue weighted by Crippen LogP contribution is -2.36. The van der Waals surface area contributed by atoms with E-state index >= 15 is 0 Å². The maximum Gasteiger partial charge on any atom is 0.313 e. The van der Waals surface area contributed by atoms with Crippen LogP contribution in [0, 0.1) is 0 Å². The molecule has 7 heteroatoms. The van der Waals surface area contributed by atoms with E-state index in [-0.39, 0.29) is 13.2 Å². The predicted octanol–water partition coefficient (Wildman–Crippen LogP) is 1.54. The molecule has 1 aromatic carbocycles. The molecule has 1 aromatic rings. The molecular weight excluding hydrogens is 323 g/mol. The molecule has 0 saturated carbocycles. The number of hydrogen-bond donors (Lipinski definition) is 3. The zero-order chi connectivity index (χ0) is 13.5. The second kappa shape index (κ2) is 7.35. The highest BCUT2D eigenvalue weighted by Crippen LogP contribution is 2.25. The minimum Gasteiger partial charge on any atom is -0.396 e. The third-order valence-corrected chi connectivity index (χ3v) is 2.81. The number of hydrogen-bond acceptors (Lipinski definition) is 3.